The maximum Gasteiger partial charge on any atom is 0.149 e. The Bertz CT molecular complexity index is 990. The first-order valence-electron chi connectivity index (χ1n) is 13.4. The molecule has 7 nitrogen and oxygen atoms in total. The molecular weight excluding hydrogens is 424 g/mol. The molecule has 4 fully saturated rings. The summed E-state index contributed by atoms with van der Waals surface area (Å²) in [6.07, 6.45) is 15.4. The zero-order valence-electron chi connectivity index (χ0n) is 20.9. The first kappa shape index (κ1) is 22.5. The number of nitrogens with zero attached hydrogens (tertiary/aromatic N) is 5. The molecule has 184 valence electrons. The van der Waals surface area contributed by atoms with Gasteiger partial charge in [-0.15, -0.1) is 5.10 Å². The summed E-state index contributed by atoms with van der Waals surface area (Å²) < 4.78 is 7.65. The second-order valence-corrected chi connectivity index (χ2v) is 12.0. The van der Waals surface area contributed by atoms with Crippen LogP contribution in [0, 0.1) is 10.8 Å². The lowest BCUT2D eigenvalue weighted by Crippen LogP contribution is -2.46. The standard InChI is InChI=1S/C27H40N6O/c1-26(18-33-12-9-27(10-13-33)11-14-34-19-27)7-5-22(6-8-26)29-24-15-21(16-28-30-24)23-17-32(2)31-25(23)20-3-4-20/h15-17,20,22H,3-14,18-19H2,1-2H3,(H,29,30). The van der Waals surface area contributed by atoms with Gasteiger partial charge in [-0.25, -0.2) is 0 Å². The highest BCUT2D eigenvalue weighted by molar-refractivity contribution is 5.68. The fourth-order valence-electron chi connectivity index (χ4n) is 6.57. The minimum Gasteiger partial charge on any atom is -0.381 e. The zero-order valence-corrected chi connectivity index (χ0v) is 20.9. The van der Waals surface area contributed by atoms with Gasteiger partial charge in [0.25, 0.3) is 0 Å². The van der Waals surface area contributed by atoms with Crippen LogP contribution in [0.5, 0.6) is 0 Å². The molecule has 0 amide bonds. The molecule has 1 N–H and O–H groups in total. The van der Waals surface area contributed by atoms with Crippen LogP contribution < -0.4 is 5.32 Å². The van der Waals surface area contributed by atoms with Crippen molar-refractivity contribution >= 4 is 5.82 Å². The molecule has 0 bridgehead atoms. The number of nitrogens with one attached hydrogen (secondary N) is 1. The van der Waals surface area contributed by atoms with Crippen molar-refractivity contribution in [2.75, 3.05) is 38.2 Å². The molecule has 2 saturated carbocycles. The maximum absolute atomic E-state index is 5.72. The van der Waals surface area contributed by atoms with E-state index in [1.54, 1.807) is 0 Å². The van der Waals surface area contributed by atoms with Crippen LogP contribution in [-0.2, 0) is 11.8 Å². The third-order valence-corrected chi connectivity index (χ3v) is 9.04. The molecule has 2 aliphatic heterocycles. The van der Waals surface area contributed by atoms with Crippen molar-refractivity contribution in [2.45, 2.75) is 76.7 Å². The van der Waals surface area contributed by atoms with Crippen molar-refractivity contribution in [1.29, 1.82) is 0 Å². The lowest BCUT2D eigenvalue weighted by molar-refractivity contribution is 0.0461. The Hall–Kier alpha value is -1.99. The van der Waals surface area contributed by atoms with E-state index in [1.807, 2.05) is 17.9 Å². The quantitative estimate of drug-likeness (QED) is 0.673. The summed E-state index contributed by atoms with van der Waals surface area (Å²) in [4.78, 5) is 2.73. The van der Waals surface area contributed by atoms with E-state index in [-0.39, 0.29) is 0 Å². The topological polar surface area (TPSA) is 68.1 Å². The Kier molecular flexibility index (Phi) is 5.88. The Balaban J connectivity index is 1.03. The number of piperidine rings is 1. The largest absolute Gasteiger partial charge is 0.381 e. The van der Waals surface area contributed by atoms with E-state index in [9.17, 15) is 0 Å². The molecule has 7 heteroatoms. The lowest BCUT2D eigenvalue weighted by atomic mass is 9.72. The van der Waals surface area contributed by atoms with E-state index in [0.29, 0.717) is 22.8 Å². The number of aryl methyl sites for hydroxylation is 1. The molecule has 2 saturated heterocycles. The molecule has 2 aliphatic carbocycles. The molecule has 2 aromatic rings. The van der Waals surface area contributed by atoms with Crippen LogP contribution >= 0.6 is 0 Å². The van der Waals surface area contributed by atoms with Gasteiger partial charge in [0.15, 0.2) is 0 Å². The Morgan fingerprint density at radius 1 is 1.09 bits per heavy atom. The van der Waals surface area contributed by atoms with E-state index in [0.717, 1.165) is 24.6 Å². The van der Waals surface area contributed by atoms with E-state index in [2.05, 4.69) is 39.6 Å². The monoisotopic (exact) mass is 464 g/mol. The number of hydrogen-bond donors (Lipinski definition) is 1. The Morgan fingerprint density at radius 3 is 2.59 bits per heavy atom. The molecule has 0 unspecified atom stereocenters. The van der Waals surface area contributed by atoms with Gasteiger partial charge in [0, 0.05) is 49.5 Å². The number of anilines is 1. The fourth-order valence-corrected chi connectivity index (χ4v) is 6.57. The van der Waals surface area contributed by atoms with Crippen LogP contribution in [0.4, 0.5) is 5.82 Å². The van der Waals surface area contributed by atoms with Gasteiger partial charge in [-0.1, -0.05) is 6.92 Å². The van der Waals surface area contributed by atoms with Gasteiger partial charge in [0.05, 0.1) is 18.5 Å². The smallest absolute Gasteiger partial charge is 0.149 e. The zero-order chi connectivity index (χ0) is 23.2. The predicted molar refractivity (Wildman–Crippen MR) is 134 cm³/mol. The second-order valence-electron chi connectivity index (χ2n) is 12.0. The van der Waals surface area contributed by atoms with Crippen LogP contribution in [0.3, 0.4) is 0 Å². The highest BCUT2D eigenvalue weighted by Gasteiger charge is 2.40. The van der Waals surface area contributed by atoms with Crippen molar-refractivity contribution in [3.8, 4) is 11.1 Å². The van der Waals surface area contributed by atoms with E-state index in [1.165, 1.54) is 88.7 Å². The highest BCUT2D eigenvalue weighted by Crippen LogP contribution is 2.44. The summed E-state index contributed by atoms with van der Waals surface area (Å²) in [5, 5.41) is 17.2. The molecular formula is C27H40N6O. The van der Waals surface area contributed by atoms with Crippen molar-refractivity contribution < 1.29 is 4.74 Å². The summed E-state index contributed by atoms with van der Waals surface area (Å²) in [5.74, 6) is 1.52. The number of hydrogen-bond acceptors (Lipinski definition) is 6. The number of ether oxygens (including phenoxy) is 1. The van der Waals surface area contributed by atoms with Gasteiger partial charge < -0.3 is 15.0 Å². The number of rotatable bonds is 6. The summed E-state index contributed by atoms with van der Waals surface area (Å²) >= 11 is 0. The van der Waals surface area contributed by atoms with Crippen LogP contribution in [0.15, 0.2) is 18.5 Å². The summed E-state index contributed by atoms with van der Waals surface area (Å²) in [6, 6.07) is 2.65. The van der Waals surface area contributed by atoms with Gasteiger partial charge in [-0.3, -0.25) is 4.68 Å². The lowest BCUT2D eigenvalue weighted by Gasteiger charge is -2.45. The third-order valence-electron chi connectivity index (χ3n) is 9.04. The van der Waals surface area contributed by atoms with Crippen molar-refractivity contribution in [2.24, 2.45) is 17.9 Å². The van der Waals surface area contributed by atoms with Gasteiger partial charge in [-0.05, 0) is 87.8 Å². The van der Waals surface area contributed by atoms with Gasteiger partial charge in [-0.2, -0.15) is 10.2 Å². The van der Waals surface area contributed by atoms with Crippen LogP contribution in [0.25, 0.3) is 11.1 Å². The molecule has 2 aromatic heterocycles. The first-order valence-corrected chi connectivity index (χ1v) is 13.4. The van der Waals surface area contributed by atoms with Gasteiger partial charge in [0.1, 0.15) is 5.82 Å². The van der Waals surface area contributed by atoms with Crippen LogP contribution in [0.1, 0.15) is 76.3 Å². The Morgan fingerprint density at radius 2 is 1.88 bits per heavy atom. The highest BCUT2D eigenvalue weighted by atomic mass is 16.5. The average molecular weight is 465 g/mol. The SMILES string of the molecule is Cn1cc(-c2cnnc(NC3CCC(C)(CN4CCC5(CCOC5)CC4)CC3)c2)c(C2CC2)n1. The van der Waals surface area contributed by atoms with Gasteiger partial charge >= 0.3 is 0 Å². The number of aromatic nitrogens is 4. The molecule has 0 atom stereocenters. The normalized spacial score (nSPS) is 29.5. The van der Waals surface area contributed by atoms with Crippen molar-refractivity contribution in [3.05, 3.63) is 24.2 Å². The molecule has 1 spiro atoms. The third kappa shape index (κ3) is 4.74. The molecule has 34 heavy (non-hydrogen) atoms. The molecule has 4 aliphatic rings. The van der Waals surface area contributed by atoms with Crippen LogP contribution in [-0.4, -0.2) is 63.8 Å². The number of likely N-dealkylation sites (tertiary alicyclic amines) is 1. The molecule has 0 radical (unpaired) electrons. The Labute approximate surface area is 203 Å². The fraction of sp³-hybridized carbons (Fsp3) is 0.741. The average Bonchev–Trinajstić information content (AvgIpc) is 3.46. The van der Waals surface area contributed by atoms with Crippen LogP contribution in [0.2, 0.25) is 0 Å². The first-order chi connectivity index (χ1) is 16.5. The second kappa shape index (κ2) is 8.90. The van der Waals surface area contributed by atoms with Gasteiger partial charge in [0.2, 0.25) is 0 Å². The molecule has 4 heterocycles. The summed E-state index contributed by atoms with van der Waals surface area (Å²) in [7, 11) is 2.01. The predicted octanol–water partition coefficient (Wildman–Crippen LogP) is 4.62. The summed E-state index contributed by atoms with van der Waals surface area (Å²) in [5.41, 5.74) is 4.50. The maximum atomic E-state index is 5.72. The van der Waals surface area contributed by atoms with E-state index in [4.69, 9.17) is 9.84 Å². The van der Waals surface area contributed by atoms with Crippen molar-refractivity contribution in [3.63, 3.8) is 0 Å². The van der Waals surface area contributed by atoms with E-state index < -0.39 is 0 Å². The molecule has 6 rings (SSSR count). The van der Waals surface area contributed by atoms with E-state index >= 15 is 0 Å². The molecule has 0 aromatic carbocycles. The van der Waals surface area contributed by atoms with Crippen molar-refractivity contribution in [1.82, 2.24) is 24.9 Å². The minimum absolute atomic E-state index is 0.428. The summed E-state index contributed by atoms with van der Waals surface area (Å²) in [6.45, 7) is 8.23. The minimum atomic E-state index is 0.428.